The van der Waals surface area contributed by atoms with E-state index in [2.05, 4.69) is 20.4 Å². The second-order valence-corrected chi connectivity index (χ2v) is 4.95. The van der Waals surface area contributed by atoms with E-state index in [4.69, 9.17) is 0 Å². The topological polar surface area (TPSA) is 97.4 Å². The average Bonchev–Trinajstić information content (AvgIpc) is 2.65. The van der Waals surface area contributed by atoms with Crippen LogP contribution in [0.3, 0.4) is 0 Å². The number of hydrogen-bond acceptors (Lipinski definition) is 5. The van der Waals surface area contributed by atoms with Crippen molar-refractivity contribution in [2.45, 2.75) is 0 Å². The Balaban J connectivity index is 1.96. The fourth-order valence-corrected chi connectivity index (χ4v) is 1.90. The van der Waals surface area contributed by atoms with Gasteiger partial charge in [0.15, 0.2) is 0 Å². The lowest BCUT2D eigenvalue weighted by molar-refractivity contribution is -0.139. The van der Waals surface area contributed by atoms with Gasteiger partial charge in [0.25, 0.3) is 5.91 Å². The van der Waals surface area contributed by atoms with E-state index in [-0.39, 0.29) is 12.5 Å². The standard InChI is InChI=1S/C18H17N3O4/c1-25-17(23)12-20-18(24)14-5-2-6-15(10-14)21-16(22)8-7-13-4-3-9-19-11-13/h2-11H,12H2,1H3,(H,20,24)(H,21,22)/b8-7-. The van der Waals surface area contributed by atoms with Gasteiger partial charge in [0.1, 0.15) is 6.54 Å². The first-order valence-electron chi connectivity index (χ1n) is 7.42. The zero-order valence-corrected chi connectivity index (χ0v) is 13.6. The minimum Gasteiger partial charge on any atom is -0.468 e. The van der Waals surface area contributed by atoms with Crippen LogP contribution >= 0.6 is 0 Å². The van der Waals surface area contributed by atoms with Crippen LogP contribution in [-0.4, -0.2) is 36.4 Å². The highest BCUT2D eigenvalue weighted by Crippen LogP contribution is 2.11. The third-order valence-electron chi connectivity index (χ3n) is 3.12. The lowest BCUT2D eigenvalue weighted by Gasteiger charge is -2.06. The Bertz CT molecular complexity index is 788. The summed E-state index contributed by atoms with van der Waals surface area (Å²) in [7, 11) is 1.24. The maximum atomic E-state index is 12.0. The van der Waals surface area contributed by atoms with Gasteiger partial charge in [0.05, 0.1) is 7.11 Å². The molecule has 1 aromatic heterocycles. The number of benzene rings is 1. The molecule has 2 amide bonds. The molecule has 0 fully saturated rings. The first-order valence-corrected chi connectivity index (χ1v) is 7.42. The average molecular weight is 339 g/mol. The molecule has 1 heterocycles. The quantitative estimate of drug-likeness (QED) is 0.616. The molecule has 2 rings (SSSR count). The minimum absolute atomic E-state index is 0.222. The van der Waals surface area contributed by atoms with Gasteiger partial charge in [-0.3, -0.25) is 19.4 Å². The van der Waals surface area contributed by atoms with E-state index in [1.165, 1.54) is 19.3 Å². The molecule has 0 aliphatic carbocycles. The SMILES string of the molecule is COC(=O)CNC(=O)c1cccc(NC(=O)/C=C\c2cccnc2)c1. The summed E-state index contributed by atoms with van der Waals surface area (Å²) >= 11 is 0. The molecule has 2 N–H and O–H groups in total. The van der Waals surface area contributed by atoms with Crippen molar-refractivity contribution >= 4 is 29.5 Å². The molecule has 0 radical (unpaired) electrons. The molecule has 0 bridgehead atoms. The van der Waals surface area contributed by atoms with Gasteiger partial charge in [-0.2, -0.15) is 0 Å². The van der Waals surface area contributed by atoms with Crippen molar-refractivity contribution < 1.29 is 19.1 Å². The van der Waals surface area contributed by atoms with E-state index >= 15 is 0 Å². The smallest absolute Gasteiger partial charge is 0.325 e. The lowest BCUT2D eigenvalue weighted by atomic mass is 10.2. The van der Waals surface area contributed by atoms with E-state index in [0.29, 0.717) is 11.3 Å². The van der Waals surface area contributed by atoms with Crippen LogP contribution in [0.4, 0.5) is 5.69 Å². The van der Waals surface area contributed by atoms with Gasteiger partial charge >= 0.3 is 5.97 Å². The van der Waals surface area contributed by atoms with Crippen molar-refractivity contribution in [3.63, 3.8) is 0 Å². The van der Waals surface area contributed by atoms with Crippen LogP contribution in [0.15, 0.2) is 54.9 Å². The number of nitrogens with one attached hydrogen (secondary N) is 2. The summed E-state index contributed by atoms with van der Waals surface area (Å²) in [5.74, 6) is -1.32. The molecular weight excluding hydrogens is 322 g/mol. The van der Waals surface area contributed by atoms with E-state index in [0.717, 1.165) is 5.56 Å². The van der Waals surface area contributed by atoms with E-state index in [1.807, 2.05) is 6.07 Å². The first-order chi connectivity index (χ1) is 12.1. The van der Waals surface area contributed by atoms with E-state index < -0.39 is 11.9 Å². The normalized spacial score (nSPS) is 10.3. The van der Waals surface area contributed by atoms with Gasteiger partial charge in [-0.25, -0.2) is 0 Å². The van der Waals surface area contributed by atoms with Gasteiger partial charge < -0.3 is 15.4 Å². The fourth-order valence-electron chi connectivity index (χ4n) is 1.90. The van der Waals surface area contributed by atoms with Crippen LogP contribution in [0.1, 0.15) is 15.9 Å². The number of carbonyl (C=O) groups excluding carboxylic acids is 3. The second kappa shape index (κ2) is 8.97. The molecule has 7 heteroatoms. The van der Waals surface area contributed by atoms with Crippen molar-refractivity contribution in [2.75, 3.05) is 19.0 Å². The molecule has 0 saturated heterocycles. The molecule has 0 aliphatic rings. The molecule has 7 nitrogen and oxygen atoms in total. The molecule has 0 aliphatic heterocycles. The summed E-state index contributed by atoms with van der Waals surface area (Å²) < 4.78 is 4.45. The van der Waals surface area contributed by atoms with E-state index in [9.17, 15) is 14.4 Å². The highest BCUT2D eigenvalue weighted by molar-refractivity contribution is 6.03. The zero-order valence-electron chi connectivity index (χ0n) is 13.6. The van der Waals surface area contributed by atoms with Gasteiger partial charge in [0, 0.05) is 29.7 Å². The number of rotatable bonds is 6. The molecule has 1 aromatic carbocycles. The Morgan fingerprint density at radius 1 is 1.20 bits per heavy atom. The van der Waals surface area contributed by atoms with Crippen LogP contribution in [0.5, 0.6) is 0 Å². The number of hydrogen-bond donors (Lipinski definition) is 2. The Kier molecular flexibility index (Phi) is 6.41. The molecule has 0 unspecified atom stereocenters. The van der Waals surface area contributed by atoms with Gasteiger partial charge in [-0.05, 0) is 35.9 Å². The molecule has 128 valence electrons. The lowest BCUT2D eigenvalue weighted by Crippen LogP contribution is -2.30. The largest absolute Gasteiger partial charge is 0.468 e. The maximum Gasteiger partial charge on any atom is 0.325 e. The van der Waals surface area contributed by atoms with Gasteiger partial charge in [-0.1, -0.05) is 12.1 Å². The third kappa shape index (κ3) is 5.91. The van der Waals surface area contributed by atoms with Crippen molar-refractivity contribution in [3.05, 3.63) is 66.0 Å². The van der Waals surface area contributed by atoms with Gasteiger partial charge in [0.2, 0.25) is 5.91 Å². The molecule has 2 aromatic rings. The summed E-state index contributed by atoms with van der Waals surface area (Å²) in [6.07, 6.45) is 6.29. The van der Waals surface area contributed by atoms with Crippen molar-refractivity contribution in [1.82, 2.24) is 10.3 Å². The first kappa shape index (κ1) is 17.9. The highest BCUT2D eigenvalue weighted by atomic mass is 16.5. The van der Waals surface area contributed by atoms with Crippen LogP contribution in [0.25, 0.3) is 6.08 Å². The monoisotopic (exact) mass is 339 g/mol. The Morgan fingerprint density at radius 3 is 2.76 bits per heavy atom. The van der Waals surface area contributed by atoms with Crippen LogP contribution in [0.2, 0.25) is 0 Å². The molecule has 0 spiro atoms. The molecular formula is C18H17N3O4. The van der Waals surface area contributed by atoms with Crippen LogP contribution in [0, 0.1) is 0 Å². The van der Waals surface area contributed by atoms with Crippen LogP contribution < -0.4 is 10.6 Å². The minimum atomic E-state index is -0.543. The second-order valence-electron chi connectivity index (χ2n) is 4.95. The number of amides is 2. The number of esters is 1. The van der Waals surface area contributed by atoms with Crippen molar-refractivity contribution in [1.29, 1.82) is 0 Å². The summed E-state index contributed by atoms with van der Waals surface area (Å²) in [6.45, 7) is -0.222. The molecule has 0 saturated carbocycles. The number of anilines is 1. The fraction of sp³-hybridized carbons (Fsp3) is 0.111. The van der Waals surface area contributed by atoms with Gasteiger partial charge in [-0.15, -0.1) is 0 Å². The predicted octanol–water partition coefficient (Wildman–Crippen LogP) is 1.64. The van der Waals surface area contributed by atoms with Crippen molar-refractivity contribution in [3.8, 4) is 0 Å². The third-order valence-corrected chi connectivity index (χ3v) is 3.12. The maximum absolute atomic E-state index is 12.0. The Morgan fingerprint density at radius 2 is 2.04 bits per heavy atom. The highest BCUT2D eigenvalue weighted by Gasteiger charge is 2.09. The predicted molar refractivity (Wildman–Crippen MR) is 92.7 cm³/mol. The number of carbonyl (C=O) groups is 3. The number of nitrogens with zero attached hydrogens (tertiary/aromatic N) is 1. The summed E-state index contributed by atoms with van der Waals surface area (Å²) in [6, 6.07) is 9.98. The number of ether oxygens (including phenoxy) is 1. The number of methoxy groups -OCH3 is 1. The Hall–Kier alpha value is -3.48. The summed E-state index contributed by atoms with van der Waals surface area (Å²) in [5.41, 5.74) is 1.58. The summed E-state index contributed by atoms with van der Waals surface area (Å²) in [5, 5.41) is 5.10. The van der Waals surface area contributed by atoms with Crippen molar-refractivity contribution in [2.24, 2.45) is 0 Å². The zero-order chi connectivity index (χ0) is 18.1. The number of aromatic nitrogens is 1. The number of pyridine rings is 1. The molecule has 25 heavy (non-hydrogen) atoms. The van der Waals surface area contributed by atoms with Crippen LogP contribution in [-0.2, 0) is 14.3 Å². The summed E-state index contributed by atoms with van der Waals surface area (Å²) in [4.78, 5) is 38.9. The van der Waals surface area contributed by atoms with E-state index in [1.54, 1.807) is 42.7 Å². The molecule has 0 atom stereocenters. The Labute approximate surface area is 144 Å².